The lowest BCUT2D eigenvalue weighted by molar-refractivity contribution is 0.0906. The van der Waals surface area contributed by atoms with Crippen LogP contribution in [0.25, 0.3) is 0 Å². The number of carbonyl (C=O) groups is 1. The van der Waals surface area contributed by atoms with E-state index < -0.39 is 0 Å². The number of aromatic nitrogens is 2. The minimum Gasteiger partial charge on any atom is -0.485 e. The number of hydrogen-bond acceptors (Lipinski definition) is 4. The molecule has 3 rings (SSSR count). The summed E-state index contributed by atoms with van der Waals surface area (Å²) in [5.41, 5.74) is 3.15. The molecule has 6 nitrogen and oxygen atoms in total. The molecule has 0 aliphatic carbocycles. The highest BCUT2D eigenvalue weighted by molar-refractivity contribution is 5.91. The Bertz CT molecular complexity index is 926. The minimum atomic E-state index is -0.260. The average Bonchev–Trinajstić information content (AvgIpc) is 3.31. The van der Waals surface area contributed by atoms with Crippen LogP contribution in [0.5, 0.6) is 5.75 Å². The highest BCUT2D eigenvalue weighted by Crippen LogP contribution is 2.21. The van der Waals surface area contributed by atoms with Crippen molar-refractivity contribution in [2.75, 3.05) is 0 Å². The third-order valence-corrected chi connectivity index (χ3v) is 4.44. The Hall–Kier alpha value is -3.02. The van der Waals surface area contributed by atoms with Crippen molar-refractivity contribution >= 4 is 5.91 Å². The maximum atomic E-state index is 12.5. The van der Waals surface area contributed by atoms with Gasteiger partial charge in [-0.2, -0.15) is 5.10 Å². The van der Waals surface area contributed by atoms with E-state index in [1.807, 2.05) is 56.6 Å². The zero-order valence-electron chi connectivity index (χ0n) is 16.2. The van der Waals surface area contributed by atoms with Gasteiger partial charge in [0.25, 0.3) is 5.91 Å². The number of hydrogen-bond donors (Lipinski definition) is 1. The number of carbonyl (C=O) groups excluding carboxylic acids is 1. The Balaban J connectivity index is 1.61. The molecular weight excluding hydrogens is 342 g/mol. The number of ether oxygens (including phenoxy) is 1. The first-order valence-electron chi connectivity index (χ1n) is 9.09. The number of nitrogens with zero attached hydrogens (tertiary/aromatic N) is 2. The third kappa shape index (κ3) is 4.39. The molecule has 0 saturated heterocycles. The van der Waals surface area contributed by atoms with E-state index in [4.69, 9.17) is 9.15 Å². The van der Waals surface area contributed by atoms with Crippen molar-refractivity contribution in [1.82, 2.24) is 15.1 Å². The Labute approximate surface area is 159 Å². The molecule has 1 aromatic carbocycles. The van der Waals surface area contributed by atoms with Crippen LogP contribution >= 0.6 is 0 Å². The van der Waals surface area contributed by atoms with Gasteiger partial charge in [0.15, 0.2) is 5.76 Å². The van der Waals surface area contributed by atoms with Crippen LogP contribution in [-0.2, 0) is 13.2 Å². The van der Waals surface area contributed by atoms with Crippen molar-refractivity contribution < 1.29 is 13.9 Å². The summed E-state index contributed by atoms with van der Waals surface area (Å²) in [6.45, 7) is 8.98. The van der Waals surface area contributed by atoms with Crippen LogP contribution < -0.4 is 10.1 Å². The van der Waals surface area contributed by atoms with Gasteiger partial charge in [-0.25, -0.2) is 0 Å². The molecule has 0 radical (unpaired) electrons. The molecule has 2 aromatic heterocycles. The number of furan rings is 1. The zero-order valence-corrected chi connectivity index (χ0v) is 16.2. The lowest BCUT2D eigenvalue weighted by Crippen LogP contribution is -2.28. The van der Waals surface area contributed by atoms with E-state index in [2.05, 4.69) is 10.4 Å². The first kappa shape index (κ1) is 18.8. The van der Waals surface area contributed by atoms with E-state index in [0.717, 1.165) is 29.1 Å². The molecule has 1 atom stereocenters. The summed E-state index contributed by atoms with van der Waals surface area (Å²) in [5.74, 6) is 1.43. The highest BCUT2D eigenvalue weighted by Gasteiger charge is 2.17. The van der Waals surface area contributed by atoms with Crippen LogP contribution in [0.3, 0.4) is 0 Å². The van der Waals surface area contributed by atoms with Gasteiger partial charge in [-0.1, -0.05) is 12.1 Å². The van der Waals surface area contributed by atoms with Crippen molar-refractivity contribution in [3.8, 4) is 5.75 Å². The fourth-order valence-electron chi connectivity index (χ4n) is 2.91. The largest absolute Gasteiger partial charge is 0.485 e. The summed E-state index contributed by atoms with van der Waals surface area (Å²) in [4.78, 5) is 12.5. The van der Waals surface area contributed by atoms with E-state index in [9.17, 15) is 4.79 Å². The summed E-state index contributed by atoms with van der Waals surface area (Å²) >= 11 is 0. The molecule has 6 heteroatoms. The quantitative estimate of drug-likeness (QED) is 0.680. The molecule has 0 saturated carbocycles. The van der Waals surface area contributed by atoms with Crippen molar-refractivity contribution in [3.63, 3.8) is 0 Å². The minimum absolute atomic E-state index is 0.167. The summed E-state index contributed by atoms with van der Waals surface area (Å²) in [5, 5.41) is 7.17. The molecule has 1 unspecified atom stereocenters. The number of amides is 1. The van der Waals surface area contributed by atoms with Gasteiger partial charge in [0.2, 0.25) is 0 Å². The summed E-state index contributed by atoms with van der Waals surface area (Å²) in [6, 6.07) is 11.2. The second kappa shape index (κ2) is 8.12. The van der Waals surface area contributed by atoms with Crippen molar-refractivity contribution in [3.05, 3.63) is 70.9 Å². The molecular formula is C21H25N3O3. The predicted molar refractivity (Wildman–Crippen MR) is 103 cm³/mol. The molecule has 0 fully saturated rings. The first-order valence-corrected chi connectivity index (χ1v) is 9.09. The van der Waals surface area contributed by atoms with Crippen molar-refractivity contribution in [2.24, 2.45) is 0 Å². The Morgan fingerprint density at radius 3 is 2.85 bits per heavy atom. The van der Waals surface area contributed by atoms with Crippen LogP contribution in [0, 0.1) is 13.8 Å². The predicted octanol–water partition coefficient (Wildman–Crippen LogP) is 4.18. The lowest BCUT2D eigenvalue weighted by atomic mass is 10.1. The lowest BCUT2D eigenvalue weighted by Gasteiger charge is -2.14. The fraction of sp³-hybridized carbons (Fsp3) is 0.333. The van der Waals surface area contributed by atoms with Crippen LogP contribution in [0.2, 0.25) is 0 Å². The molecule has 1 amide bonds. The van der Waals surface area contributed by atoms with Gasteiger partial charge in [0, 0.05) is 12.7 Å². The Morgan fingerprint density at radius 1 is 1.26 bits per heavy atom. The number of nitrogens with one attached hydrogen (secondary N) is 1. The van der Waals surface area contributed by atoms with Crippen LogP contribution in [0.1, 0.15) is 53.0 Å². The monoisotopic (exact) mass is 367 g/mol. The van der Waals surface area contributed by atoms with Crippen LogP contribution in [0.15, 0.2) is 47.0 Å². The smallest absolute Gasteiger partial charge is 0.287 e. The second-order valence-corrected chi connectivity index (χ2v) is 6.59. The molecule has 0 spiro atoms. The van der Waals surface area contributed by atoms with E-state index in [1.54, 1.807) is 18.3 Å². The van der Waals surface area contributed by atoms with E-state index in [1.165, 1.54) is 0 Å². The molecule has 142 valence electrons. The molecule has 0 aliphatic heterocycles. The van der Waals surface area contributed by atoms with Gasteiger partial charge < -0.3 is 14.5 Å². The standard InChI is InChI=1S/C21H25N3O3/c1-5-24-18(10-11-22-24)16(4)23-21(25)19-9-8-17(27-19)13-26-20-12-14(2)6-7-15(20)3/h6-12,16H,5,13H2,1-4H3,(H,23,25). The van der Waals surface area contributed by atoms with Crippen LogP contribution in [-0.4, -0.2) is 15.7 Å². The van der Waals surface area contributed by atoms with E-state index in [-0.39, 0.29) is 24.3 Å². The third-order valence-electron chi connectivity index (χ3n) is 4.44. The van der Waals surface area contributed by atoms with Gasteiger partial charge in [0.1, 0.15) is 18.1 Å². The van der Waals surface area contributed by atoms with Gasteiger partial charge in [-0.3, -0.25) is 9.48 Å². The number of aryl methyl sites for hydroxylation is 3. The molecule has 3 aromatic rings. The zero-order chi connectivity index (χ0) is 19.4. The normalized spacial score (nSPS) is 12.0. The molecule has 27 heavy (non-hydrogen) atoms. The van der Waals surface area contributed by atoms with Crippen LogP contribution in [0.4, 0.5) is 0 Å². The Kier molecular flexibility index (Phi) is 5.64. The van der Waals surface area contributed by atoms with Crippen molar-refractivity contribution in [2.45, 2.75) is 46.9 Å². The van der Waals surface area contributed by atoms with E-state index in [0.29, 0.717) is 5.76 Å². The average molecular weight is 367 g/mol. The van der Waals surface area contributed by atoms with Gasteiger partial charge in [0.05, 0.1) is 11.7 Å². The topological polar surface area (TPSA) is 69.3 Å². The van der Waals surface area contributed by atoms with Gasteiger partial charge in [-0.05, 0) is 63.1 Å². The van der Waals surface area contributed by atoms with Gasteiger partial charge in [-0.15, -0.1) is 0 Å². The molecule has 0 bridgehead atoms. The van der Waals surface area contributed by atoms with Gasteiger partial charge >= 0.3 is 0 Å². The Morgan fingerprint density at radius 2 is 2.07 bits per heavy atom. The summed E-state index contributed by atoms with van der Waals surface area (Å²) < 4.78 is 13.3. The maximum Gasteiger partial charge on any atom is 0.287 e. The second-order valence-electron chi connectivity index (χ2n) is 6.59. The first-order chi connectivity index (χ1) is 13.0. The van der Waals surface area contributed by atoms with E-state index >= 15 is 0 Å². The molecule has 0 aliphatic rings. The maximum absolute atomic E-state index is 12.5. The highest BCUT2D eigenvalue weighted by atomic mass is 16.5. The number of rotatable bonds is 7. The summed E-state index contributed by atoms with van der Waals surface area (Å²) in [7, 11) is 0. The fourth-order valence-corrected chi connectivity index (χ4v) is 2.91. The summed E-state index contributed by atoms with van der Waals surface area (Å²) in [6.07, 6.45) is 1.73. The SMILES string of the molecule is CCn1nccc1C(C)NC(=O)c1ccc(COc2cc(C)ccc2C)o1. The van der Waals surface area contributed by atoms with Crippen molar-refractivity contribution in [1.29, 1.82) is 0 Å². The molecule has 2 heterocycles. The molecule has 1 N–H and O–H groups in total. The number of benzene rings is 1.